The fourth-order valence-corrected chi connectivity index (χ4v) is 2.15. The molecule has 2 rings (SSSR count). The molecule has 0 bridgehead atoms. The summed E-state index contributed by atoms with van der Waals surface area (Å²) in [7, 11) is 0. The summed E-state index contributed by atoms with van der Waals surface area (Å²) in [6.45, 7) is 10.1. The third kappa shape index (κ3) is 6.43. The van der Waals surface area contributed by atoms with Gasteiger partial charge in [0.1, 0.15) is 5.76 Å². The number of nitrogens with one attached hydrogen (secondary N) is 2. The van der Waals surface area contributed by atoms with Crippen molar-refractivity contribution in [3.63, 3.8) is 0 Å². The van der Waals surface area contributed by atoms with E-state index in [2.05, 4.69) is 53.4 Å². The lowest BCUT2D eigenvalue weighted by molar-refractivity contribution is 0.507. The van der Waals surface area contributed by atoms with Gasteiger partial charge in [-0.05, 0) is 31.5 Å². The van der Waals surface area contributed by atoms with Crippen LogP contribution in [0.3, 0.4) is 0 Å². The zero-order valence-electron chi connectivity index (χ0n) is 13.9. The van der Waals surface area contributed by atoms with Crippen LogP contribution in [0.1, 0.15) is 23.8 Å². The van der Waals surface area contributed by atoms with Crippen molar-refractivity contribution < 1.29 is 4.42 Å². The van der Waals surface area contributed by atoms with Crippen LogP contribution in [0, 0.1) is 6.92 Å². The van der Waals surface area contributed by atoms with Crippen molar-refractivity contribution in [2.24, 2.45) is 4.99 Å². The van der Waals surface area contributed by atoms with Gasteiger partial charge in [-0.25, -0.2) is 4.99 Å². The highest BCUT2D eigenvalue weighted by Crippen LogP contribution is 2.05. The highest BCUT2D eigenvalue weighted by molar-refractivity contribution is 5.80. The van der Waals surface area contributed by atoms with Crippen molar-refractivity contribution in [2.45, 2.75) is 26.8 Å². The molecule has 0 aliphatic rings. The smallest absolute Gasteiger partial charge is 0.191 e. The van der Waals surface area contributed by atoms with Gasteiger partial charge >= 0.3 is 0 Å². The van der Waals surface area contributed by atoms with E-state index >= 15 is 0 Å². The molecule has 0 spiro atoms. The normalized spacial score (nSPS) is 11.3. The lowest BCUT2D eigenvalue weighted by Gasteiger charge is -2.12. The minimum atomic E-state index is 0.647. The molecule has 1 aromatic carbocycles. The number of benzene rings is 1. The predicted molar refractivity (Wildman–Crippen MR) is 95.5 cm³/mol. The van der Waals surface area contributed by atoms with E-state index in [0.29, 0.717) is 13.1 Å². The Morgan fingerprint density at radius 1 is 1.22 bits per heavy atom. The van der Waals surface area contributed by atoms with Crippen LogP contribution >= 0.6 is 0 Å². The summed E-state index contributed by atoms with van der Waals surface area (Å²) in [6, 6.07) is 12.3. The molecule has 2 N–H and O–H groups in total. The van der Waals surface area contributed by atoms with Crippen LogP contribution < -0.4 is 10.6 Å². The number of hydrogen-bond donors (Lipinski definition) is 2. The van der Waals surface area contributed by atoms with Crippen LogP contribution in [0.5, 0.6) is 0 Å². The number of furan rings is 1. The summed E-state index contributed by atoms with van der Waals surface area (Å²) in [5.74, 6) is 1.76. The Balaban J connectivity index is 1.91. The Morgan fingerprint density at radius 2 is 2.09 bits per heavy atom. The number of rotatable bonds is 7. The molecule has 0 fully saturated rings. The number of guanidine groups is 1. The molecule has 122 valence electrons. The van der Waals surface area contributed by atoms with Gasteiger partial charge in [0.2, 0.25) is 0 Å². The van der Waals surface area contributed by atoms with E-state index in [4.69, 9.17) is 4.42 Å². The quantitative estimate of drug-likeness (QED) is 0.468. The van der Waals surface area contributed by atoms with Crippen LogP contribution in [0.25, 0.3) is 0 Å². The Labute approximate surface area is 138 Å². The molecule has 23 heavy (non-hydrogen) atoms. The topological polar surface area (TPSA) is 49.6 Å². The number of hydrogen-bond acceptors (Lipinski definition) is 2. The minimum Gasteiger partial charge on any atom is -0.469 e. The standard InChI is InChI=1S/C19H25N3O/c1-15(2)13-21-19(20-10-9-18-8-5-11-23-18)22-14-17-7-4-6-16(3)12-17/h4-8,11-12H,1,9-10,13-14H2,2-3H3,(H2,20,21,22). The average molecular weight is 311 g/mol. The highest BCUT2D eigenvalue weighted by Gasteiger charge is 2.01. The Kier molecular flexibility index (Phi) is 6.48. The van der Waals surface area contributed by atoms with Gasteiger partial charge in [-0.3, -0.25) is 0 Å². The Morgan fingerprint density at radius 3 is 2.78 bits per heavy atom. The number of nitrogens with zero attached hydrogens (tertiary/aromatic N) is 1. The van der Waals surface area contributed by atoms with Crippen LogP contribution in [0.15, 0.2) is 64.2 Å². The summed E-state index contributed by atoms with van der Waals surface area (Å²) in [6.07, 6.45) is 2.52. The molecular formula is C19H25N3O. The first-order valence-corrected chi connectivity index (χ1v) is 7.88. The Bertz CT molecular complexity index is 644. The maximum atomic E-state index is 5.34. The van der Waals surface area contributed by atoms with E-state index in [0.717, 1.165) is 30.3 Å². The SMILES string of the molecule is C=C(C)CNC(=NCc1cccc(C)c1)NCCc1ccco1. The molecule has 0 saturated carbocycles. The van der Waals surface area contributed by atoms with E-state index in [1.807, 2.05) is 19.1 Å². The third-order valence-electron chi connectivity index (χ3n) is 3.30. The van der Waals surface area contributed by atoms with E-state index in [1.54, 1.807) is 6.26 Å². The predicted octanol–water partition coefficient (Wildman–Crippen LogP) is 3.44. The fraction of sp³-hybridized carbons (Fsp3) is 0.316. The first-order chi connectivity index (χ1) is 11.1. The van der Waals surface area contributed by atoms with Crippen LogP contribution in [-0.4, -0.2) is 19.0 Å². The van der Waals surface area contributed by atoms with E-state index < -0.39 is 0 Å². The third-order valence-corrected chi connectivity index (χ3v) is 3.30. The molecular weight excluding hydrogens is 286 g/mol. The van der Waals surface area contributed by atoms with Gasteiger partial charge in [-0.2, -0.15) is 0 Å². The second-order valence-electron chi connectivity index (χ2n) is 5.72. The summed E-state index contributed by atoms with van der Waals surface area (Å²) in [5.41, 5.74) is 3.52. The maximum absolute atomic E-state index is 5.34. The van der Waals surface area contributed by atoms with Gasteiger partial charge in [0.25, 0.3) is 0 Å². The molecule has 0 amide bonds. The summed E-state index contributed by atoms with van der Waals surface area (Å²) in [5, 5.41) is 6.63. The largest absolute Gasteiger partial charge is 0.469 e. The molecule has 0 atom stereocenters. The van der Waals surface area contributed by atoms with Gasteiger partial charge in [-0.1, -0.05) is 42.0 Å². The van der Waals surface area contributed by atoms with Crippen molar-refractivity contribution in [1.29, 1.82) is 0 Å². The van der Waals surface area contributed by atoms with Gasteiger partial charge in [-0.15, -0.1) is 0 Å². The Hall–Kier alpha value is -2.49. The van der Waals surface area contributed by atoms with Crippen molar-refractivity contribution >= 4 is 5.96 Å². The molecule has 4 heteroatoms. The van der Waals surface area contributed by atoms with Crippen molar-refractivity contribution in [1.82, 2.24) is 10.6 Å². The summed E-state index contributed by atoms with van der Waals surface area (Å²) >= 11 is 0. The van der Waals surface area contributed by atoms with Gasteiger partial charge in [0.15, 0.2) is 5.96 Å². The van der Waals surface area contributed by atoms with Crippen LogP contribution in [-0.2, 0) is 13.0 Å². The first-order valence-electron chi connectivity index (χ1n) is 7.88. The van der Waals surface area contributed by atoms with E-state index in [1.165, 1.54) is 11.1 Å². The average Bonchev–Trinajstić information content (AvgIpc) is 3.02. The van der Waals surface area contributed by atoms with Gasteiger partial charge in [0, 0.05) is 19.5 Å². The molecule has 0 radical (unpaired) electrons. The van der Waals surface area contributed by atoms with Crippen molar-refractivity contribution in [3.8, 4) is 0 Å². The molecule has 0 aliphatic carbocycles. The van der Waals surface area contributed by atoms with Crippen LogP contribution in [0.4, 0.5) is 0 Å². The zero-order chi connectivity index (χ0) is 16.5. The monoisotopic (exact) mass is 311 g/mol. The fourth-order valence-electron chi connectivity index (χ4n) is 2.15. The molecule has 1 aromatic heterocycles. The second kappa shape index (κ2) is 8.83. The molecule has 0 unspecified atom stereocenters. The first kappa shape index (κ1) is 16.9. The lowest BCUT2D eigenvalue weighted by Crippen LogP contribution is -2.39. The lowest BCUT2D eigenvalue weighted by atomic mass is 10.1. The molecule has 1 heterocycles. The molecule has 4 nitrogen and oxygen atoms in total. The molecule has 2 aromatic rings. The van der Waals surface area contributed by atoms with E-state index in [9.17, 15) is 0 Å². The summed E-state index contributed by atoms with van der Waals surface area (Å²) < 4.78 is 5.34. The minimum absolute atomic E-state index is 0.647. The van der Waals surface area contributed by atoms with Crippen molar-refractivity contribution in [3.05, 3.63) is 71.7 Å². The molecule has 0 aliphatic heterocycles. The maximum Gasteiger partial charge on any atom is 0.191 e. The van der Waals surface area contributed by atoms with Gasteiger partial charge in [0.05, 0.1) is 12.8 Å². The zero-order valence-corrected chi connectivity index (χ0v) is 13.9. The second-order valence-corrected chi connectivity index (χ2v) is 5.72. The van der Waals surface area contributed by atoms with Gasteiger partial charge < -0.3 is 15.1 Å². The molecule has 0 saturated heterocycles. The summed E-state index contributed by atoms with van der Waals surface area (Å²) in [4.78, 5) is 4.65. The van der Waals surface area contributed by atoms with Crippen LogP contribution in [0.2, 0.25) is 0 Å². The van der Waals surface area contributed by atoms with Crippen molar-refractivity contribution in [2.75, 3.05) is 13.1 Å². The number of aliphatic imine (C=N–C) groups is 1. The van der Waals surface area contributed by atoms with E-state index in [-0.39, 0.29) is 0 Å². The highest BCUT2D eigenvalue weighted by atomic mass is 16.3. The number of aryl methyl sites for hydroxylation is 1.